The summed E-state index contributed by atoms with van der Waals surface area (Å²) in [7, 11) is 1.61. The molecule has 1 atom stereocenters. The van der Waals surface area contributed by atoms with Gasteiger partial charge in [-0.3, -0.25) is 9.59 Å². The largest absolute Gasteiger partial charge is 0.380 e. The van der Waals surface area contributed by atoms with Crippen molar-refractivity contribution in [3.8, 4) is 0 Å². The van der Waals surface area contributed by atoms with Crippen LogP contribution in [0.15, 0.2) is 24.3 Å². The van der Waals surface area contributed by atoms with E-state index in [2.05, 4.69) is 5.32 Å². The minimum Gasteiger partial charge on any atom is -0.380 e. The summed E-state index contributed by atoms with van der Waals surface area (Å²) in [6.07, 6.45) is 0. The van der Waals surface area contributed by atoms with Crippen molar-refractivity contribution in [2.75, 3.05) is 18.6 Å². The fourth-order valence-electron chi connectivity index (χ4n) is 2.38. The summed E-state index contributed by atoms with van der Waals surface area (Å²) in [5, 5.41) is 2.76. The molecule has 108 valence electrons. The molecule has 0 aromatic heterocycles. The molecule has 20 heavy (non-hydrogen) atoms. The summed E-state index contributed by atoms with van der Waals surface area (Å²) in [5.41, 5.74) is 1.65. The van der Waals surface area contributed by atoms with Gasteiger partial charge in [0.25, 0.3) is 0 Å². The van der Waals surface area contributed by atoms with E-state index in [1.54, 1.807) is 12.0 Å². The molecular weight excluding hydrogens is 256 g/mol. The number of methoxy groups -OCH3 is 1. The maximum atomic E-state index is 12.5. The van der Waals surface area contributed by atoms with Gasteiger partial charge >= 0.3 is 0 Å². The van der Waals surface area contributed by atoms with Crippen molar-refractivity contribution >= 4 is 17.5 Å². The monoisotopic (exact) mass is 276 g/mol. The molecule has 1 saturated heterocycles. The molecule has 1 aliphatic rings. The van der Waals surface area contributed by atoms with Crippen LogP contribution < -0.4 is 10.2 Å². The Balaban J connectivity index is 2.35. The Morgan fingerprint density at radius 2 is 2.05 bits per heavy atom. The molecule has 0 bridgehead atoms. The number of carbonyl (C=O) groups excluding carboxylic acids is 2. The zero-order valence-electron chi connectivity index (χ0n) is 12.1. The van der Waals surface area contributed by atoms with Gasteiger partial charge in [-0.25, -0.2) is 0 Å². The van der Waals surface area contributed by atoms with Gasteiger partial charge in [0.1, 0.15) is 12.6 Å². The highest BCUT2D eigenvalue weighted by atomic mass is 16.5. The fraction of sp³-hybridized carbons (Fsp3) is 0.467. The molecular formula is C15H20N2O3. The lowest BCUT2D eigenvalue weighted by Crippen LogP contribution is -2.60. The Morgan fingerprint density at radius 3 is 2.70 bits per heavy atom. The predicted octanol–water partition coefficient (Wildman–Crippen LogP) is 1.32. The first-order valence-electron chi connectivity index (χ1n) is 6.72. The molecule has 2 amide bonds. The SMILES string of the molecule is COCc1ccccc1N1CC(=O)NC(C(C)C)C1=O. The maximum Gasteiger partial charge on any atom is 0.250 e. The molecule has 1 aromatic rings. The smallest absolute Gasteiger partial charge is 0.250 e. The van der Waals surface area contributed by atoms with E-state index in [9.17, 15) is 9.59 Å². The lowest BCUT2D eigenvalue weighted by atomic mass is 9.99. The molecule has 1 aliphatic heterocycles. The highest BCUT2D eigenvalue weighted by molar-refractivity contribution is 6.07. The Hall–Kier alpha value is -1.88. The summed E-state index contributed by atoms with van der Waals surface area (Å²) in [6.45, 7) is 4.32. The standard InChI is InChI=1S/C15H20N2O3/c1-10(2)14-15(19)17(8-13(18)16-14)12-7-5-4-6-11(12)9-20-3/h4-7,10,14H,8-9H2,1-3H3,(H,16,18). The number of ether oxygens (including phenoxy) is 1. The summed E-state index contributed by atoms with van der Waals surface area (Å²) in [4.78, 5) is 25.9. The number of benzene rings is 1. The van der Waals surface area contributed by atoms with E-state index >= 15 is 0 Å². The molecule has 1 aromatic carbocycles. The molecule has 0 saturated carbocycles. The zero-order chi connectivity index (χ0) is 14.7. The van der Waals surface area contributed by atoms with Crippen LogP contribution in [0.3, 0.4) is 0 Å². The van der Waals surface area contributed by atoms with Crippen molar-refractivity contribution in [3.63, 3.8) is 0 Å². The summed E-state index contributed by atoms with van der Waals surface area (Å²) in [6, 6.07) is 7.04. The number of hydrogen-bond donors (Lipinski definition) is 1. The van der Waals surface area contributed by atoms with Crippen LogP contribution in [0.4, 0.5) is 5.69 Å². The van der Waals surface area contributed by atoms with Crippen molar-refractivity contribution in [2.24, 2.45) is 5.92 Å². The number of carbonyl (C=O) groups is 2. The van der Waals surface area contributed by atoms with Crippen LogP contribution in [0.2, 0.25) is 0 Å². The van der Waals surface area contributed by atoms with Crippen LogP contribution >= 0.6 is 0 Å². The van der Waals surface area contributed by atoms with Crippen molar-refractivity contribution in [1.82, 2.24) is 5.32 Å². The fourth-order valence-corrected chi connectivity index (χ4v) is 2.38. The van der Waals surface area contributed by atoms with E-state index in [1.807, 2.05) is 38.1 Å². The quantitative estimate of drug-likeness (QED) is 0.902. The third-order valence-corrected chi connectivity index (χ3v) is 3.40. The van der Waals surface area contributed by atoms with Crippen LogP contribution in [0.1, 0.15) is 19.4 Å². The lowest BCUT2D eigenvalue weighted by Gasteiger charge is -2.35. The molecule has 1 unspecified atom stereocenters. The molecule has 1 N–H and O–H groups in total. The number of nitrogens with zero attached hydrogens (tertiary/aromatic N) is 1. The van der Waals surface area contributed by atoms with E-state index in [1.165, 1.54) is 0 Å². The highest BCUT2D eigenvalue weighted by Crippen LogP contribution is 2.24. The van der Waals surface area contributed by atoms with E-state index in [-0.39, 0.29) is 24.3 Å². The van der Waals surface area contributed by atoms with Gasteiger partial charge in [0.15, 0.2) is 0 Å². The summed E-state index contributed by atoms with van der Waals surface area (Å²) in [5.74, 6) is -0.137. The summed E-state index contributed by atoms with van der Waals surface area (Å²) < 4.78 is 5.16. The first-order valence-corrected chi connectivity index (χ1v) is 6.72. The molecule has 1 heterocycles. The Kier molecular flexibility index (Phi) is 4.39. The van der Waals surface area contributed by atoms with Crippen molar-refractivity contribution in [3.05, 3.63) is 29.8 Å². The zero-order valence-corrected chi connectivity index (χ0v) is 12.1. The average molecular weight is 276 g/mol. The minimum absolute atomic E-state index is 0.0583. The van der Waals surface area contributed by atoms with Gasteiger partial charge in [-0.1, -0.05) is 32.0 Å². The number of amides is 2. The molecule has 0 aliphatic carbocycles. The van der Waals surface area contributed by atoms with Gasteiger partial charge < -0.3 is 15.0 Å². The van der Waals surface area contributed by atoms with Gasteiger partial charge in [-0.2, -0.15) is 0 Å². The van der Waals surface area contributed by atoms with Crippen LogP contribution in [-0.2, 0) is 20.9 Å². The van der Waals surface area contributed by atoms with E-state index in [4.69, 9.17) is 4.74 Å². The molecule has 1 fully saturated rings. The molecule has 2 rings (SSSR count). The van der Waals surface area contributed by atoms with Gasteiger partial charge in [-0.15, -0.1) is 0 Å². The maximum absolute atomic E-state index is 12.5. The average Bonchev–Trinajstić information content (AvgIpc) is 2.42. The third-order valence-electron chi connectivity index (χ3n) is 3.40. The molecule has 5 nitrogen and oxygen atoms in total. The van der Waals surface area contributed by atoms with E-state index in [0.717, 1.165) is 11.3 Å². The second-order valence-electron chi connectivity index (χ2n) is 5.28. The Labute approximate surface area is 118 Å². The van der Waals surface area contributed by atoms with Gasteiger partial charge in [0, 0.05) is 18.4 Å². The normalized spacial score (nSPS) is 19.4. The van der Waals surface area contributed by atoms with E-state index in [0.29, 0.717) is 6.61 Å². The first-order chi connectivity index (χ1) is 9.54. The van der Waals surface area contributed by atoms with Crippen LogP contribution in [0, 0.1) is 5.92 Å². The number of anilines is 1. The van der Waals surface area contributed by atoms with Crippen molar-refractivity contribution in [2.45, 2.75) is 26.5 Å². The number of para-hydroxylation sites is 1. The van der Waals surface area contributed by atoms with Gasteiger partial charge in [0.2, 0.25) is 11.8 Å². The number of nitrogens with one attached hydrogen (secondary N) is 1. The second kappa shape index (κ2) is 6.05. The second-order valence-corrected chi connectivity index (χ2v) is 5.28. The van der Waals surface area contributed by atoms with Gasteiger partial charge in [0.05, 0.1) is 6.61 Å². The minimum atomic E-state index is -0.466. The first kappa shape index (κ1) is 14.5. The van der Waals surface area contributed by atoms with E-state index < -0.39 is 6.04 Å². The third kappa shape index (κ3) is 2.82. The lowest BCUT2D eigenvalue weighted by molar-refractivity contribution is -0.132. The van der Waals surface area contributed by atoms with Crippen LogP contribution in [-0.4, -0.2) is 31.5 Å². The molecule has 0 spiro atoms. The van der Waals surface area contributed by atoms with Crippen molar-refractivity contribution in [1.29, 1.82) is 0 Å². The van der Waals surface area contributed by atoms with Crippen LogP contribution in [0.25, 0.3) is 0 Å². The highest BCUT2D eigenvalue weighted by Gasteiger charge is 2.35. The number of rotatable bonds is 4. The summed E-state index contributed by atoms with van der Waals surface area (Å²) >= 11 is 0. The number of piperazine rings is 1. The Morgan fingerprint density at radius 1 is 1.35 bits per heavy atom. The van der Waals surface area contributed by atoms with Gasteiger partial charge in [-0.05, 0) is 12.0 Å². The van der Waals surface area contributed by atoms with Crippen molar-refractivity contribution < 1.29 is 14.3 Å². The molecule has 0 radical (unpaired) electrons. The topological polar surface area (TPSA) is 58.6 Å². The predicted molar refractivity (Wildman–Crippen MR) is 76.3 cm³/mol. The Bertz CT molecular complexity index is 514. The van der Waals surface area contributed by atoms with Crippen LogP contribution in [0.5, 0.6) is 0 Å². The number of hydrogen-bond acceptors (Lipinski definition) is 3. The molecule has 5 heteroatoms.